The molecule has 0 N–H and O–H groups in total. The SMILES string of the molecule is C/C=C/C1CCC(C2CCC(C3C=CC(c4ccc(C5CO5)c(F)c4F)CC3)CC2)CC1. The molecule has 174 valence electrons. The molecule has 0 radical (unpaired) electrons. The fourth-order valence-electron chi connectivity index (χ4n) is 6.96. The summed E-state index contributed by atoms with van der Waals surface area (Å²) in [6.07, 6.45) is 22.0. The van der Waals surface area contributed by atoms with Crippen LogP contribution in [0.4, 0.5) is 8.78 Å². The number of hydrogen-bond donors (Lipinski definition) is 0. The van der Waals surface area contributed by atoms with E-state index in [0.29, 0.717) is 23.7 Å². The Morgan fingerprint density at radius 3 is 1.94 bits per heavy atom. The average Bonchev–Trinajstić information content (AvgIpc) is 3.67. The molecule has 3 fully saturated rings. The molecule has 0 amide bonds. The van der Waals surface area contributed by atoms with Gasteiger partial charge in [0.2, 0.25) is 0 Å². The second-order valence-corrected chi connectivity index (χ2v) is 10.8. The minimum atomic E-state index is -0.710. The normalized spacial score (nSPS) is 37.7. The Morgan fingerprint density at radius 1 is 0.750 bits per heavy atom. The summed E-state index contributed by atoms with van der Waals surface area (Å²) in [5, 5.41) is 0. The van der Waals surface area contributed by atoms with E-state index in [0.717, 1.165) is 36.5 Å². The van der Waals surface area contributed by atoms with Gasteiger partial charge in [-0.25, -0.2) is 8.78 Å². The third-order valence-corrected chi connectivity index (χ3v) is 8.99. The molecular weight excluding hydrogens is 402 g/mol. The molecule has 1 saturated heterocycles. The second-order valence-electron chi connectivity index (χ2n) is 10.8. The summed E-state index contributed by atoms with van der Waals surface area (Å²) in [6.45, 7) is 2.64. The molecule has 0 spiro atoms. The van der Waals surface area contributed by atoms with Crippen LogP contribution in [0.5, 0.6) is 0 Å². The first-order valence-electron chi connectivity index (χ1n) is 13.0. The lowest BCUT2D eigenvalue weighted by Gasteiger charge is -2.40. The average molecular weight is 441 g/mol. The van der Waals surface area contributed by atoms with Crippen molar-refractivity contribution in [2.75, 3.05) is 6.61 Å². The third-order valence-electron chi connectivity index (χ3n) is 8.99. The number of allylic oxidation sites excluding steroid dienone is 4. The lowest BCUT2D eigenvalue weighted by atomic mass is 9.66. The number of hydrogen-bond acceptors (Lipinski definition) is 1. The Labute approximate surface area is 192 Å². The van der Waals surface area contributed by atoms with E-state index in [1.807, 2.05) is 0 Å². The smallest absolute Gasteiger partial charge is 0.165 e. The van der Waals surface area contributed by atoms with Crippen LogP contribution in [0.3, 0.4) is 0 Å². The van der Waals surface area contributed by atoms with Crippen molar-refractivity contribution >= 4 is 0 Å². The van der Waals surface area contributed by atoms with E-state index in [1.54, 1.807) is 12.1 Å². The third kappa shape index (κ3) is 4.74. The number of benzene rings is 1. The van der Waals surface area contributed by atoms with Crippen molar-refractivity contribution in [2.24, 2.45) is 29.6 Å². The molecule has 5 rings (SSSR count). The monoisotopic (exact) mass is 440 g/mol. The molecule has 3 heteroatoms. The van der Waals surface area contributed by atoms with Crippen LogP contribution in [0, 0.1) is 41.2 Å². The van der Waals surface area contributed by atoms with E-state index in [1.165, 1.54) is 51.4 Å². The first kappa shape index (κ1) is 22.3. The summed E-state index contributed by atoms with van der Waals surface area (Å²) in [5.41, 5.74) is 0.884. The van der Waals surface area contributed by atoms with Crippen molar-refractivity contribution in [3.63, 3.8) is 0 Å². The summed E-state index contributed by atoms with van der Waals surface area (Å²) in [5.74, 6) is 2.72. The quantitative estimate of drug-likeness (QED) is 0.331. The maximum Gasteiger partial charge on any atom is 0.165 e. The van der Waals surface area contributed by atoms with Gasteiger partial charge in [0.15, 0.2) is 11.6 Å². The highest BCUT2D eigenvalue weighted by molar-refractivity contribution is 5.34. The second kappa shape index (κ2) is 9.79. The van der Waals surface area contributed by atoms with E-state index < -0.39 is 11.6 Å². The van der Waals surface area contributed by atoms with Gasteiger partial charge in [-0.05, 0) is 106 Å². The van der Waals surface area contributed by atoms with Crippen molar-refractivity contribution in [2.45, 2.75) is 83.2 Å². The van der Waals surface area contributed by atoms with Crippen LogP contribution < -0.4 is 0 Å². The van der Waals surface area contributed by atoms with Crippen molar-refractivity contribution < 1.29 is 13.5 Å². The highest BCUT2D eigenvalue weighted by Gasteiger charge is 2.34. The van der Waals surface area contributed by atoms with Crippen molar-refractivity contribution in [1.29, 1.82) is 0 Å². The summed E-state index contributed by atoms with van der Waals surface area (Å²) in [6, 6.07) is 3.50. The summed E-state index contributed by atoms with van der Waals surface area (Å²) < 4.78 is 34.3. The topological polar surface area (TPSA) is 12.5 Å². The molecule has 0 bridgehead atoms. The zero-order valence-corrected chi connectivity index (χ0v) is 19.4. The Kier molecular flexibility index (Phi) is 6.83. The van der Waals surface area contributed by atoms with E-state index in [-0.39, 0.29) is 12.0 Å². The van der Waals surface area contributed by atoms with Crippen molar-refractivity contribution in [3.05, 3.63) is 59.2 Å². The van der Waals surface area contributed by atoms with Gasteiger partial charge in [0.1, 0.15) is 6.10 Å². The largest absolute Gasteiger partial charge is 0.368 e. The molecular formula is C29H38F2O. The Morgan fingerprint density at radius 2 is 1.34 bits per heavy atom. The lowest BCUT2D eigenvalue weighted by Crippen LogP contribution is -2.28. The van der Waals surface area contributed by atoms with Crippen molar-refractivity contribution in [1.82, 2.24) is 0 Å². The van der Waals surface area contributed by atoms with Gasteiger partial charge in [0, 0.05) is 11.5 Å². The minimum Gasteiger partial charge on any atom is -0.368 e. The highest BCUT2D eigenvalue weighted by atomic mass is 19.2. The maximum absolute atomic E-state index is 14.7. The standard InChI is InChI=1S/C29H38F2O/c1-2-3-19-4-6-20(7-5-19)21-8-10-22(11-9-21)23-12-14-24(15-13-23)25-16-17-26(27-18-32-27)29(31)28(25)30/h2-3,12,14,16-17,19-24,27H,4-11,13,15,18H2,1H3/b3-2+. The van der Waals surface area contributed by atoms with Gasteiger partial charge in [-0.3, -0.25) is 0 Å². The molecule has 1 aromatic rings. The molecule has 3 atom stereocenters. The summed E-state index contributed by atoms with van der Waals surface area (Å²) in [7, 11) is 0. The zero-order valence-electron chi connectivity index (χ0n) is 19.4. The predicted octanol–water partition coefficient (Wildman–Crippen LogP) is 8.27. The van der Waals surface area contributed by atoms with Crippen LogP contribution in [0.2, 0.25) is 0 Å². The van der Waals surface area contributed by atoms with Crippen LogP contribution >= 0.6 is 0 Å². The molecule has 0 aromatic heterocycles. The van der Waals surface area contributed by atoms with E-state index >= 15 is 0 Å². The number of epoxide rings is 1. The summed E-state index contributed by atoms with van der Waals surface area (Å²) >= 11 is 0. The van der Waals surface area contributed by atoms with Crippen LogP contribution in [0.15, 0.2) is 36.4 Å². The molecule has 1 aromatic carbocycles. The predicted molar refractivity (Wildman–Crippen MR) is 125 cm³/mol. The molecule has 1 aliphatic heterocycles. The van der Waals surface area contributed by atoms with Gasteiger partial charge in [0.25, 0.3) is 0 Å². The molecule has 4 aliphatic rings. The van der Waals surface area contributed by atoms with Gasteiger partial charge in [-0.15, -0.1) is 0 Å². The molecule has 1 heterocycles. The lowest BCUT2D eigenvalue weighted by molar-refractivity contribution is 0.137. The fraction of sp³-hybridized carbons (Fsp3) is 0.655. The van der Waals surface area contributed by atoms with Crippen LogP contribution in [0.1, 0.15) is 94.3 Å². The molecule has 32 heavy (non-hydrogen) atoms. The van der Waals surface area contributed by atoms with E-state index in [2.05, 4.69) is 31.2 Å². The van der Waals surface area contributed by atoms with E-state index in [4.69, 9.17) is 4.74 Å². The number of halogens is 2. The summed E-state index contributed by atoms with van der Waals surface area (Å²) in [4.78, 5) is 0. The molecule has 3 unspecified atom stereocenters. The molecule has 1 nitrogen and oxygen atoms in total. The van der Waals surface area contributed by atoms with Crippen LogP contribution in [0.25, 0.3) is 0 Å². The number of ether oxygens (including phenoxy) is 1. The van der Waals surface area contributed by atoms with Crippen LogP contribution in [-0.4, -0.2) is 6.61 Å². The molecule has 3 aliphatic carbocycles. The minimum absolute atomic E-state index is 0.00128. The van der Waals surface area contributed by atoms with Crippen molar-refractivity contribution in [3.8, 4) is 0 Å². The van der Waals surface area contributed by atoms with Gasteiger partial charge in [-0.2, -0.15) is 0 Å². The fourth-order valence-corrected chi connectivity index (χ4v) is 6.96. The zero-order chi connectivity index (χ0) is 22.1. The first-order chi connectivity index (χ1) is 15.6. The number of rotatable bonds is 5. The first-order valence-corrected chi connectivity index (χ1v) is 13.0. The van der Waals surface area contributed by atoms with Gasteiger partial charge < -0.3 is 4.74 Å². The Hall–Kier alpha value is -1.48. The Balaban J connectivity index is 1.13. The van der Waals surface area contributed by atoms with E-state index in [9.17, 15) is 8.78 Å². The highest BCUT2D eigenvalue weighted by Crippen LogP contribution is 2.46. The van der Waals surface area contributed by atoms with Gasteiger partial charge in [-0.1, -0.05) is 36.4 Å². The Bertz CT molecular complexity index is 839. The maximum atomic E-state index is 14.7. The van der Waals surface area contributed by atoms with Crippen LogP contribution in [-0.2, 0) is 4.74 Å². The molecule has 2 saturated carbocycles. The van der Waals surface area contributed by atoms with Gasteiger partial charge in [0.05, 0.1) is 6.61 Å². The van der Waals surface area contributed by atoms with Gasteiger partial charge >= 0.3 is 0 Å².